The number of benzene rings is 1. The van der Waals surface area contributed by atoms with Gasteiger partial charge in [-0.3, -0.25) is 4.98 Å². The summed E-state index contributed by atoms with van der Waals surface area (Å²) in [5, 5.41) is 0. The molecule has 0 atom stereocenters. The van der Waals surface area contributed by atoms with E-state index in [1.165, 1.54) is 16.8 Å². The lowest BCUT2D eigenvalue weighted by Crippen LogP contribution is -2.26. The van der Waals surface area contributed by atoms with Gasteiger partial charge >= 0.3 is 0 Å². The summed E-state index contributed by atoms with van der Waals surface area (Å²) in [6.45, 7) is 2.13. The molecule has 0 unspecified atom stereocenters. The molecule has 1 aliphatic heterocycles. The fourth-order valence-corrected chi connectivity index (χ4v) is 2.85. The Balaban J connectivity index is 1.83. The van der Waals surface area contributed by atoms with E-state index in [2.05, 4.69) is 56.1 Å². The topological polar surface area (TPSA) is 16.1 Å². The van der Waals surface area contributed by atoms with Gasteiger partial charge in [-0.05, 0) is 46.0 Å². The van der Waals surface area contributed by atoms with Crippen molar-refractivity contribution in [3.63, 3.8) is 0 Å². The zero-order chi connectivity index (χ0) is 12.4. The minimum atomic E-state index is 1.04. The van der Waals surface area contributed by atoms with Gasteiger partial charge in [0.25, 0.3) is 0 Å². The van der Waals surface area contributed by atoms with Crippen LogP contribution in [0.2, 0.25) is 0 Å². The van der Waals surface area contributed by atoms with Crippen LogP contribution in [0.25, 0.3) is 0 Å². The van der Waals surface area contributed by atoms with Crippen LogP contribution in [-0.4, -0.2) is 18.1 Å². The Morgan fingerprint density at radius 1 is 1.00 bits per heavy atom. The number of fused-ring (bicyclic) bond motifs is 1. The summed E-state index contributed by atoms with van der Waals surface area (Å²) < 4.78 is 1.04. The van der Waals surface area contributed by atoms with Gasteiger partial charge < -0.3 is 4.90 Å². The summed E-state index contributed by atoms with van der Waals surface area (Å²) in [6.07, 6.45) is 6.00. The number of aromatic nitrogens is 1. The van der Waals surface area contributed by atoms with Crippen LogP contribution >= 0.6 is 15.9 Å². The minimum Gasteiger partial charge on any atom is -0.370 e. The molecule has 0 saturated heterocycles. The van der Waals surface area contributed by atoms with Crippen molar-refractivity contribution < 1.29 is 0 Å². The lowest BCUT2D eigenvalue weighted by molar-refractivity contribution is 0.803. The van der Waals surface area contributed by atoms with Crippen molar-refractivity contribution >= 4 is 21.6 Å². The number of hydrogen-bond donors (Lipinski definition) is 0. The van der Waals surface area contributed by atoms with Crippen molar-refractivity contribution in [2.24, 2.45) is 0 Å². The molecule has 1 aromatic heterocycles. The van der Waals surface area contributed by atoms with Crippen LogP contribution in [0.1, 0.15) is 11.1 Å². The molecule has 1 aliphatic rings. The maximum atomic E-state index is 4.25. The Kier molecular flexibility index (Phi) is 3.33. The smallest absolute Gasteiger partial charge is 0.0564 e. The van der Waals surface area contributed by atoms with E-state index in [1.807, 2.05) is 12.4 Å². The fraction of sp³-hybridized carbons (Fsp3) is 0.267. The minimum absolute atomic E-state index is 1.04. The molecule has 0 radical (unpaired) electrons. The summed E-state index contributed by atoms with van der Waals surface area (Å²) in [7, 11) is 0. The van der Waals surface area contributed by atoms with Crippen LogP contribution in [0.3, 0.4) is 0 Å². The maximum absolute atomic E-state index is 4.25. The highest BCUT2D eigenvalue weighted by Crippen LogP contribution is 2.22. The second kappa shape index (κ2) is 5.11. The van der Waals surface area contributed by atoms with Crippen molar-refractivity contribution in [1.29, 1.82) is 0 Å². The van der Waals surface area contributed by atoms with E-state index < -0.39 is 0 Å². The third kappa shape index (κ3) is 2.41. The lowest BCUT2D eigenvalue weighted by Gasteiger charge is -2.22. The molecule has 0 saturated carbocycles. The number of anilines is 1. The maximum Gasteiger partial charge on any atom is 0.0564 e. The van der Waals surface area contributed by atoms with Gasteiger partial charge in [0.1, 0.15) is 0 Å². The molecular formula is C15H15BrN2. The Morgan fingerprint density at radius 2 is 1.67 bits per heavy atom. The van der Waals surface area contributed by atoms with E-state index in [1.54, 1.807) is 0 Å². The van der Waals surface area contributed by atoms with Crippen LogP contribution in [0.15, 0.2) is 47.2 Å². The normalized spacial score (nSPS) is 15.1. The van der Waals surface area contributed by atoms with E-state index in [4.69, 9.17) is 0 Å². The van der Waals surface area contributed by atoms with Crippen LogP contribution < -0.4 is 4.90 Å². The zero-order valence-electron chi connectivity index (χ0n) is 10.1. The van der Waals surface area contributed by atoms with Crippen LogP contribution in [0.5, 0.6) is 0 Å². The lowest BCUT2D eigenvalue weighted by atomic mass is 10.0. The average Bonchev–Trinajstić information content (AvgIpc) is 2.61. The Morgan fingerprint density at radius 3 is 2.28 bits per heavy atom. The molecule has 92 valence electrons. The first-order valence-electron chi connectivity index (χ1n) is 6.25. The van der Waals surface area contributed by atoms with E-state index in [0.717, 1.165) is 30.4 Å². The van der Waals surface area contributed by atoms with E-state index in [9.17, 15) is 0 Å². The summed E-state index contributed by atoms with van der Waals surface area (Å²) in [4.78, 5) is 6.67. The highest BCUT2D eigenvalue weighted by Gasteiger charge is 2.14. The van der Waals surface area contributed by atoms with E-state index in [-0.39, 0.29) is 0 Å². The van der Waals surface area contributed by atoms with Crippen molar-refractivity contribution in [3.05, 3.63) is 58.3 Å². The Bertz CT molecular complexity index is 527. The molecule has 2 aromatic rings. The average molecular weight is 303 g/mol. The quantitative estimate of drug-likeness (QED) is 0.802. The fourth-order valence-electron chi connectivity index (χ4n) is 2.50. The number of rotatable bonds is 1. The van der Waals surface area contributed by atoms with Crippen molar-refractivity contribution in [1.82, 2.24) is 4.98 Å². The predicted octanol–water partition coefficient (Wildman–Crippen LogP) is 3.45. The van der Waals surface area contributed by atoms with Gasteiger partial charge in [0.2, 0.25) is 0 Å². The van der Waals surface area contributed by atoms with Crippen molar-refractivity contribution in [2.75, 3.05) is 18.0 Å². The molecule has 2 nitrogen and oxygen atoms in total. The third-order valence-corrected chi connectivity index (χ3v) is 3.91. The molecule has 2 heterocycles. The summed E-state index contributed by atoms with van der Waals surface area (Å²) in [5.74, 6) is 0. The molecule has 3 heteroatoms. The zero-order valence-corrected chi connectivity index (χ0v) is 11.7. The van der Waals surface area contributed by atoms with Crippen molar-refractivity contribution in [2.45, 2.75) is 12.8 Å². The first kappa shape index (κ1) is 11.7. The first-order valence-corrected chi connectivity index (χ1v) is 7.04. The SMILES string of the molecule is Brc1cncc(N2CCc3ccccc3CC2)c1. The molecule has 18 heavy (non-hydrogen) atoms. The predicted molar refractivity (Wildman–Crippen MR) is 78.0 cm³/mol. The van der Waals surface area contributed by atoms with Gasteiger partial charge in [-0.2, -0.15) is 0 Å². The van der Waals surface area contributed by atoms with Gasteiger partial charge in [-0.1, -0.05) is 24.3 Å². The van der Waals surface area contributed by atoms with Gasteiger partial charge in [0.15, 0.2) is 0 Å². The highest BCUT2D eigenvalue weighted by atomic mass is 79.9. The van der Waals surface area contributed by atoms with Crippen LogP contribution in [0.4, 0.5) is 5.69 Å². The molecule has 0 fully saturated rings. The second-order valence-corrected chi connectivity index (χ2v) is 5.53. The molecule has 1 aromatic carbocycles. The molecule has 0 aliphatic carbocycles. The molecule has 0 bridgehead atoms. The monoisotopic (exact) mass is 302 g/mol. The second-order valence-electron chi connectivity index (χ2n) is 4.62. The van der Waals surface area contributed by atoms with Gasteiger partial charge in [0, 0.05) is 23.8 Å². The molecular weight excluding hydrogens is 288 g/mol. The Hall–Kier alpha value is -1.35. The summed E-state index contributed by atoms with van der Waals surface area (Å²) in [5.41, 5.74) is 4.18. The standard InChI is InChI=1S/C15H15BrN2/c16-14-9-15(11-17-10-14)18-7-5-12-3-1-2-4-13(12)6-8-18/h1-4,9-11H,5-8H2. The van der Waals surface area contributed by atoms with Crippen LogP contribution in [0, 0.1) is 0 Å². The molecule has 3 rings (SSSR count). The van der Waals surface area contributed by atoms with Gasteiger partial charge in [-0.15, -0.1) is 0 Å². The summed E-state index contributed by atoms with van der Waals surface area (Å²) in [6, 6.07) is 10.9. The number of nitrogens with zero attached hydrogens (tertiary/aromatic N) is 2. The van der Waals surface area contributed by atoms with E-state index in [0.29, 0.717) is 0 Å². The van der Waals surface area contributed by atoms with Gasteiger partial charge in [-0.25, -0.2) is 0 Å². The third-order valence-electron chi connectivity index (χ3n) is 3.48. The Labute approximate surface area is 116 Å². The number of hydrogen-bond acceptors (Lipinski definition) is 2. The molecule has 0 N–H and O–H groups in total. The first-order chi connectivity index (χ1) is 8.83. The number of halogens is 1. The summed E-state index contributed by atoms with van der Waals surface area (Å²) >= 11 is 3.49. The highest BCUT2D eigenvalue weighted by molar-refractivity contribution is 9.10. The van der Waals surface area contributed by atoms with E-state index >= 15 is 0 Å². The number of pyridine rings is 1. The van der Waals surface area contributed by atoms with Crippen molar-refractivity contribution in [3.8, 4) is 0 Å². The van der Waals surface area contributed by atoms with Gasteiger partial charge in [0.05, 0.1) is 11.9 Å². The largest absolute Gasteiger partial charge is 0.370 e. The molecule has 0 spiro atoms. The molecule has 0 amide bonds. The van der Waals surface area contributed by atoms with Crippen LogP contribution in [-0.2, 0) is 12.8 Å².